The highest BCUT2D eigenvalue weighted by Crippen LogP contribution is 2.34. The Morgan fingerprint density at radius 1 is 1.05 bits per heavy atom. The monoisotopic (exact) mass is 422 g/mol. The van der Waals surface area contributed by atoms with E-state index in [2.05, 4.69) is 31.9 Å². The highest BCUT2D eigenvalue weighted by Gasteiger charge is 2.35. The van der Waals surface area contributed by atoms with Crippen molar-refractivity contribution >= 4 is 43.5 Å². The molecule has 0 aliphatic heterocycles. The summed E-state index contributed by atoms with van der Waals surface area (Å²) in [5.41, 5.74) is 0.122. The Hall–Kier alpha value is 0.220. The molecule has 1 aromatic rings. The van der Waals surface area contributed by atoms with Gasteiger partial charge in [-0.05, 0) is 11.6 Å². The largest absolute Gasteiger partial charge is 0.411 e. The van der Waals surface area contributed by atoms with E-state index in [4.69, 9.17) is 16.3 Å². The summed E-state index contributed by atoms with van der Waals surface area (Å²) in [6, 6.07) is 7.07. The topological polar surface area (TPSA) is 9.23 Å². The van der Waals surface area contributed by atoms with E-state index in [1.54, 1.807) is 24.3 Å². The number of benzene rings is 1. The van der Waals surface area contributed by atoms with E-state index in [-0.39, 0.29) is 6.61 Å². The van der Waals surface area contributed by atoms with Gasteiger partial charge in [-0.25, -0.2) is 0 Å². The molecular formula is C12H12Br2ClF3O. The highest BCUT2D eigenvalue weighted by molar-refractivity contribution is 9.09. The van der Waals surface area contributed by atoms with Crippen molar-refractivity contribution in [2.24, 2.45) is 0 Å². The van der Waals surface area contributed by atoms with Gasteiger partial charge in [0.2, 0.25) is 0 Å². The Labute approximate surface area is 131 Å². The molecule has 7 heteroatoms. The van der Waals surface area contributed by atoms with E-state index in [0.29, 0.717) is 15.7 Å². The van der Waals surface area contributed by atoms with E-state index in [1.807, 2.05) is 0 Å². The maximum absolute atomic E-state index is 12.1. The molecule has 0 saturated carbocycles. The smallest absolute Gasteiger partial charge is 0.371 e. The molecule has 0 atom stereocenters. The van der Waals surface area contributed by atoms with Gasteiger partial charge in [0.1, 0.15) is 6.61 Å². The molecule has 0 saturated heterocycles. The van der Waals surface area contributed by atoms with Crippen LogP contribution in [0.4, 0.5) is 13.2 Å². The van der Waals surface area contributed by atoms with Gasteiger partial charge in [0.25, 0.3) is 0 Å². The third-order valence-electron chi connectivity index (χ3n) is 2.60. The standard InChI is InChI=1S/C12H12Br2ClF3O/c13-5-11(6-14,7-19-8-12(16,17)18)9-3-1-2-4-10(9)15/h1-4H,5-8H2. The first-order valence-electron chi connectivity index (χ1n) is 5.36. The number of hydrogen-bond acceptors (Lipinski definition) is 1. The first kappa shape index (κ1) is 17.3. The van der Waals surface area contributed by atoms with Gasteiger partial charge in [-0.3, -0.25) is 0 Å². The number of halogens is 6. The Kier molecular flexibility index (Phi) is 6.63. The summed E-state index contributed by atoms with van der Waals surface area (Å²) in [4.78, 5) is 0. The minimum Gasteiger partial charge on any atom is -0.371 e. The summed E-state index contributed by atoms with van der Waals surface area (Å²) in [7, 11) is 0. The molecule has 1 aromatic carbocycles. The second kappa shape index (κ2) is 7.29. The number of hydrogen-bond donors (Lipinski definition) is 0. The van der Waals surface area contributed by atoms with Gasteiger partial charge >= 0.3 is 6.18 Å². The summed E-state index contributed by atoms with van der Waals surface area (Å²) in [6.45, 7) is -1.34. The van der Waals surface area contributed by atoms with Crippen LogP contribution in [0.5, 0.6) is 0 Å². The third-order valence-corrected chi connectivity index (χ3v) is 5.08. The predicted molar refractivity (Wildman–Crippen MR) is 77.6 cm³/mol. The van der Waals surface area contributed by atoms with Gasteiger partial charge in [-0.2, -0.15) is 13.2 Å². The number of rotatable bonds is 6. The maximum Gasteiger partial charge on any atom is 0.411 e. The molecule has 19 heavy (non-hydrogen) atoms. The lowest BCUT2D eigenvalue weighted by atomic mass is 9.85. The van der Waals surface area contributed by atoms with Crippen molar-refractivity contribution in [3.8, 4) is 0 Å². The Bertz CT molecular complexity index is 408. The molecule has 108 valence electrons. The fourth-order valence-electron chi connectivity index (χ4n) is 1.59. The molecule has 0 spiro atoms. The average Bonchev–Trinajstić information content (AvgIpc) is 2.35. The van der Waals surface area contributed by atoms with Gasteiger partial charge in [0.05, 0.1) is 6.61 Å². The molecule has 0 fully saturated rings. The van der Waals surface area contributed by atoms with E-state index in [0.717, 1.165) is 5.56 Å². The normalized spacial score (nSPS) is 12.7. The van der Waals surface area contributed by atoms with Crippen LogP contribution < -0.4 is 0 Å². The van der Waals surface area contributed by atoms with E-state index in [9.17, 15) is 13.2 Å². The molecule has 1 rings (SSSR count). The molecule has 1 nitrogen and oxygen atoms in total. The Balaban J connectivity index is 2.89. The summed E-state index contributed by atoms with van der Waals surface area (Å²) in [5.74, 6) is 0. The van der Waals surface area contributed by atoms with Crippen molar-refractivity contribution in [3.05, 3.63) is 34.9 Å². The SMILES string of the molecule is FC(F)(F)COCC(CBr)(CBr)c1ccccc1Cl. The maximum atomic E-state index is 12.1. The van der Waals surface area contributed by atoms with E-state index in [1.165, 1.54) is 0 Å². The van der Waals surface area contributed by atoms with Crippen molar-refractivity contribution in [3.63, 3.8) is 0 Å². The summed E-state index contributed by atoms with van der Waals surface area (Å²) in [6.07, 6.45) is -4.33. The Morgan fingerprint density at radius 3 is 2.11 bits per heavy atom. The first-order valence-corrected chi connectivity index (χ1v) is 7.98. The Morgan fingerprint density at radius 2 is 1.63 bits per heavy atom. The molecule has 0 unspecified atom stereocenters. The molecule has 0 aliphatic rings. The van der Waals surface area contributed by atoms with Crippen LogP contribution in [0.15, 0.2) is 24.3 Å². The number of ether oxygens (including phenoxy) is 1. The lowest BCUT2D eigenvalue weighted by molar-refractivity contribution is -0.176. The van der Waals surface area contributed by atoms with Crippen LogP contribution in [0.1, 0.15) is 5.56 Å². The zero-order valence-electron chi connectivity index (χ0n) is 9.81. The van der Waals surface area contributed by atoms with Gasteiger partial charge in [0, 0.05) is 21.1 Å². The predicted octanol–water partition coefficient (Wildman–Crippen LogP) is 4.95. The van der Waals surface area contributed by atoms with Gasteiger partial charge in [-0.15, -0.1) is 0 Å². The fourth-order valence-corrected chi connectivity index (χ4v) is 3.78. The van der Waals surface area contributed by atoms with Gasteiger partial charge in [0.15, 0.2) is 0 Å². The summed E-state index contributed by atoms with van der Waals surface area (Å²) >= 11 is 12.8. The molecular weight excluding hydrogens is 412 g/mol. The van der Waals surface area contributed by atoms with Crippen LogP contribution in [-0.4, -0.2) is 30.1 Å². The zero-order chi connectivity index (χ0) is 14.5. The minimum absolute atomic E-state index is 0.0766. The highest BCUT2D eigenvalue weighted by atomic mass is 79.9. The average molecular weight is 424 g/mol. The van der Waals surface area contributed by atoms with Gasteiger partial charge in [-0.1, -0.05) is 61.7 Å². The summed E-state index contributed by atoms with van der Waals surface area (Å²) in [5, 5.41) is 1.39. The van der Waals surface area contributed by atoms with E-state index >= 15 is 0 Å². The second-order valence-electron chi connectivity index (χ2n) is 4.14. The van der Waals surface area contributed by atoms with Crippen LogP contribution >= 0.6 is 43.5 Å². The molecule has 0 aromatic heterocycles. The first-order chi connectivity index (χ1) is 8.84. The van der Waals surface area contributed by atoms with Crippen molar-refractivity contribution in [2.75, 3.05) is 23.9 Å². The molecule has 0 radical (unpaired) electrons. The quantitative estimate of drug-likeness (QED) is 0.588. The van der Waals surface area contributed by atoms with Crippen molar-refractivity contribution in [2.45, 2.75) is 11.6 Å². The second-order valence-corrected chi connectivity index (χ2v) is 5.66. The zero-order valence-corrected chi connectivity index (χ0v) is 13.7. The third kappa shape index (κ3) is 4.92. The lowest BCUT2D eigenvalue weighted by Crippen LogP contribution is -2.37. The van der Waals surface area contributed by atoms with Crippen LogP contribution in [0.2, 0.25) is 5.02 Å². The van der Waals surface area contributed by atoms with E-state index < -0.39 is 18.2 Å². The molecule has 0 bridgehead atoms. The molecule has 0 heterocycles. The van der Waals surface area contributed by atoms with Crippen LogP contribution in [0.25, 0.3) is 0 Å². The molecule has 0 N–H and O–H groups in total. The minimum atomic E-state index is -4.33. The lowest BCUT2D eigenvalue weighted by Gasteiger charge is -2.31. The van der Waals surface area contributed by atoms with Gasteiger partial charge < -0.3 is 4.74 Å². The fraction of sp³-hybridized carbons (Fsp3) is 0.500. The van der Waals surface area contributed by atoms with Crippen molar-refractivity contribution in [1.82, 2.24) is 0 Å². The molecule has 0 amide bonds. The number of alkyl halides is 5. The molecule has 0 aliphatic carbocycles. The van der Waals surface area contributed by atoms with Crippen LogP contribution in [0.3, 0.4) is 0 Å². The summed E-state index contributed by atoms with van der Waals surface area (Å²) < 4.78 is 41.2. The van der Waals surface area contributed by atoms with Crippen molar-refractivity contribution < 1.29 is 17.9 Å². The van der Waals surface area contributed by atoms with Crippen molar-refractivity contribution in [1.29, 1.82) is 0 Å². The van der Waals surface area contributed by atoms with Crippen LogP contribution in [-0.2, 0) is 10.2 Å². The van der Waals surface area contributed by atoms with Crippen LogP contribution in [0, 0.1) is 0 Å².